The monoisotopic (exact) mass is 175 g/mol. The molecule has 1 aromatic carbocycles. The molecule has 0 aliphatic heterocycles. The van der Waals surface area contributed by atoms with Crippen molar-refractivity contribution in [1.82, 2.24) is 0 Å². The third-order valence-electron chi connectivity index (χ3n) is 1.19. The molecule has 0 heterocycles. The summed E-state index contributed by atoms with van der Waals surface area (Å²) in [6.45, 7) is -0.898. The van der Waals surface area contributed by atoms with Gasteiger partial charge in [0.1, 0.15) is 5.75 Å². The number of ether oxygens (including phenoxy) is 1. The first-order valence-corrected chi connectivity index (χ1v) is 3.35. The molecule has 0 unspecified atom stereocenters. The average Bonchev–Trinajstić information content (AvgIpc) is 1.98. The summed E-state index contributed by atoms with van der Waals surface area (Å²) in [5, 5.41) is 0.475. The molecule has 0 aliphatic carbocycles. The third kappa shape index (κ3) is 1.98. The highest BCUT2D eigenvalue weighted by atomic mass is 35.5. The van der Waals surface area contributed by atoms with Gasteiger partial charge < -0.3 is 10.5 Å². The van der Waals surface area contributed by atoms with Gasteiger partial charge in [0.05, 0.1) is 5.69 Å². The van der Waals surface area contributed by atoms with Crippen molar-refractivity contribution in [3.8, 4) is 5.75 Å². The molecule has 1 aromatic rings. The van der Waals surface area contributed by atoms with Gasteiger partial charge in [-0.05, 0) is 12.1 Å². The van der Waals surface area contributed by atoms with Crippen LogP contribution >= 0.6 is 11.6 Å². The van der Waals surface area contributed by atoms with Crippen LogP contribution in [0.25, 0.3) is 0 Å². The van der Waals surface area contributed by atoms with E-state index in [1.54, 1.807) is 12.1 Å². The summed E-state index contributed by atoms with van der Waals surface area (Å²) >= 11 is 5.59. The summed E-state index contributed by atoms with van der Waals surface area (Å²) in [6.07, 6.45) is 0. The van der Waals surface area contributed by atoms with E-state index in [-0.39, 0.29) is 5.75 Å². The molecule has 0 saturated heterocycles. The summed E-state index contributed by atoms with van der Waals surface area (Å²) in [5.74, 6) is 0.278. The largest absolute Gasteiger partial charge is 0.461 e. The van der Waals surface area contributed by atoms with E-state index in [4.69, 9.17) is 17.3 Å². The van der Waals surface area contributed by atoms with Crippen LogP contribution in [-0.4, -0.2) is 6.86 Å². The van der Waals surface area contributed by atoms with Gasteiger partial charge in [0.25, 0.3) is 0 Å². The van der Waals surface area contributed by atoms with Crippen LogP contribution in [0.4, 0.5) is 10.1 Å². The predicted octanol–water partition coefficient (Wildman–Crippen LogP) is 2.23. The van der Waals surface area contributed by atoms with Crippen LogP contribution in [0.5, 0.6) is 5.75 Å². The lowest BCUT2D eigenvalue weighted by molar-refractivity contribution is 0.193. The van der Waals surface area contributed by atoms with Crippen molar-refractivity contribution in [2.24, 2.45) is 0 Å². The van der Waals surface area contributed by atoms with Crippen LogP contribution in [0, 0.1) is 0 Å². The Morgan fingerprint density at radius 2 is 2.27 bits per heavy atom. The number of nitrogen functional groups attached to an aromatic ring is 1. The first-order chi connectivity index (χ1) is 5.24. The minimum Gasteiger partial charge on any atom is -0.461 e. The smallest absolute Gasteiger partial charge is 0.228 e. The Labute approximate surface area is 68.7 Å². The highest BCUT2D eigenvalue weighted by Gasteiger charge is 1.99. The number of alkyl halides is 1. The van der Waals surface area contributed by atoms with Crippen LogP contribution in [0.15, 0.2) is 18.2 Å². The standard InChI is InChI=1S/C7H7ClFNO/c8-5-1-2-6(10)7(3-5)11-4-9/h1-3H,4,10H2. The van der Waals surface area contributed by atoms with Crippen LogP contribution in [0.3, 0.4) is 0 Å². The molecule has 2 N–H and O–H groups in total. The summed E-state index contributed by atoms with van der Waals surface area (Å²) < 4.78 is 16.2. The first kappa shape index (κ1) is 8.14. The number of hydrogen-bond donors (Lipinski definition) is 1. The Balaban J connectivity index is 2.93. The molecule has 2 nitrogen and oxygen atoms in total. The number of halogens is 2. The molecule has 1 rings (SSSR count). The zero-order chi connectivity index (χ0) is 8.27. The van der Waals surface area contributed by atoms with Gasteiger partial charge in [-0.3, -0.25) is 0 Å². The van der Waals surface area contributed by atoms with Crippen molar-refractivity contribution < 1.29 is 9.13 Å². The minimum absolute atomic E-state index is 0.278. The second-order valence-corrected chi connectivity index (χ2v) is 2.37. The molecule has 11 heavy (non-hydrogen) atoms. The summed E-state index contributed by atoms with van der Waals surface area (Å²) in [5.41, 5.74) is 5.81. The van der Waals surface area contributed by atoms with Gasteiger partial charge in [0.2, 0.25) is 6.86 Å². The summed E-state index contributed by atoms with van der Waals surface area (Å²) in [4.78, 5) is 0. The maximum absolute atomic E-state index is 11.7. The van der Waals surface area contributed by atoms with E-state index in [9.17, 15) is 4.39 Å². The summed E-state index contributed by atoms with van der Waals surface area (Å²) in [6, 6.07) is 4.64. The zero-order valence-corrected chi connectivity index (χ0v) is 6.44. The Bertz CT molecular complexity index is 254. The topological polar surface area (TPSA) is 35.2 Å². The molecule has 60 valence electrons. The Hall–Kier alpha value is -0.960. The number of nitrogens with two attached hydrogens (primary N) is 1. The maximum atomic E-state index is 11.7. The Morgan fingerprint density at radius 1 is 1.55 bits per heavy atom. The molecule has 0 radical (unpaired) electrons. The fraction of sp³-hybridized carbons (Fsp3) is 0.143. The summed E-state index contributed by atoms with van der Waals surface area (Å²) in [7, 11) is 0. The average molecular weight is 176 g/mol. The molecule has 0 spiro atoms. The highest BCUT2D eigenvalue weighted by molar-refractivity contribution is 6.30. The molecular formula is C7H7ClFNO. The van der Waals surface area contributed by atoms with Crippen LogP contribution < -0.4 is 10.5 Å². The van der Waals surface area contributed by atoms with Gasteiger partial charge in [-0.15, -0.1) is 0 Å². The predicted molar refractivity (Wildman–Crippen MR) is 42.5 cm³/mol. The fourth-order valence-electron chi connectivity index (χ4n) is 0.692. The quantitative estimate of drug-likeness (QED) is 0.700. The van der Waals surface area contributed by atoms with Crippen molar-refractivity contribution in [1.29, 1.82) is 0 Å². The third-order valence-corrected chi connectivity index (χ3v) is 1.42. The molecule has 0 atom stereocenters. The fourth-order valence-corrected chi connectivity index (χ4v) is 0.854. The lowest BCUT2D eigenvalue weighted by Gasteiger charge is -2.04. The number of hydrogen-bond acceptors (Lipinski definition) is 2. The van der Waals surface area contributed by atoms with E-state index in [1.807, 2.05) is 0 Å². The molecule has 4 heteroatoms. The van der Waals surface area contributed by atoms with Crippen molar-refractivity contribution in [2.75, 3.05) is 12.6 Å². The number of anilines is 1. The first-order valence-electron chi connectivity index (χ1n) is 2.98. The molecule has 0 bridgehead atoms. The van der Waals surface area contributed by atoms with E-state index < -0.39 is 6.86 Å². The molecule has 0 aromatic heterocycles. The van der Waals surface area contributed by atoms with Gasteiger partial charge in [0, 0.05) is 11.1 Å². The van der Waals surface area contributed by atoms with Gasteiger partial charge in [-0.1, -0.05) is 11.6 Å². The van der Waals surface area contributed by atoms with Gasteiger partial charge in [-0.2, -0.15) is 0 Å². The number of benzene rings is 1. The molecular weight excluding hydrogens is 169 g/mol. The van der Waals surface area contributed by atoms with E-state index in [0.29, 0.717) is 10.7 Å². The van der Waals surface area contributed by atoms with Gasteiger partial charge in [0.15, 0.2) is 0 Å². The lowest BCUT2D eigenvalue weighted by atomic mass is 10.3. The Kier molecular flexibility index (Phi) is 2.54. The van der Waals surface area contributed by atoms with E-state index in [2.05, 4.69) is 4.74 Å². The van der Waals surface area contributed by atoms with Crippen molar-refractivity contribution in [3.05, 3.63) is 23.2 Å². The molecule has 0 saturated carbocycles. The van der Waals surface area contributed by atoms with E-state index in [0.717, 1.165) is 0 Å². The van der Waals surface area contributed by atoms with E-state index in [1.165, 1.54) is 6.07 Å². The Morgan fingerprint density at radius 3 is 2.91 bits per heavy atom. The van der Waals surface area contributed by atoms with Gasteiger partial charge in [-0.25, -0.2) is 4.39 Å². The molecule has 0 amide bonds. The lowest BCUT2D eigenvalue weighted by Crippen LogP contribution is -1.95. The van der Waals surface area contributed by atoms with Crippen LogP contribution in [0.1, 0.15) is 0 Å². The van der Waals surface area contributed by atoms with Gasteiger partial charge >= 0.3 is 0 Å². The maximum Gasteiger partial charge on any atom is 0.228 e. The normalized spacial score (nSPS) is 9.64. The van der Waals surface area contributed by atoms with E-state index >= 15 is 0 Å². The van der Waals surface area contributed by atoms with Crippen molar-refractivity contribution >= 4 is 17.3 Å². The van der Waals surface area contributed by atoms with Crippen molar-refractivity contribution in [2.45, 2.75) is 0 Å². The zero-order valence-electron chi connectivity index (χ0n) is 5.68. The van der Waals surface area contributed by atoms with Crippen molar-refractivity contribution in [3.63, 3.8) is 0 Å². The molecule has 0 aliphatic rings. The van der Waals surface area contributed by atoms with Crippen LogP contribution in [-0.2, 0) is 0 Å². The minimum atomic E-state index is -0.898. The number of rotatable bonds is 2. The van der Waals surface area contributed by atoms with Crippen LogP contribution in [0.2, 0.25) is 5.02 Å². The SMILES string of the molecule is Nc1ccc(Cl)cc1OCF. The second-order valence-electron chi connectivity index (χ2n) is 1.94. The molecule has 0 fully saturated rings. The second kappa shape index (κ2) is 3.44. The highest BCUT2D eigenvalue weighted by Crippen LogP contribution is 2.24.